The monoisotopic (exact) mass is 313 g/mol. The number of carbonyl (C=O) groups is 2. The van der Waals surface area contributed by atoms with E-state index in [1.165, 1.54) is 6.07 Å². The number of rotatable bonds is 5. The molecule has 0 aliphatic carbocycles. The largest absolute Gasteiger partial charge is 0.480 e. The van der Waals surface area contributed by atoms with Gasteiger partial charge in [-0.3, -0.25) is 9.10 Å². The maximum absolute atomic E-state index is 12.4. The van der Waals surface area contributed by atoms with Gasteiger partial charge in [-0.15, -0.1) is 0 Å². The quantitative estimate of drug-likeness (QED) is 0.789. The average Bonchev–Trinajstić information content (AvgIpc) is 2.78. The maximum Gasteiger partial charge on any atom is 0.327 e. The number of para-hydroxylation sites is 1. The van der Waals surface area contributed by atoms with E-state index in [1.807, 2.05) is 0 Å². The standard InChI is InChI=1S/C13H15NO6S/c1-2-20-12(15)8-21(18,19)14-10-6-4-3-5-9(10)7-11(14)13(16)17/h3-6,11H,2,7-8H2,1H3,(H,16,17). The first-order valence-electron chi connectivity index (χ1n) is 6.35. The third kappa shape index (κ3) is 2.99. The molecule has 1 aromatic rings. The van der Waals surface area contributed by atoms with Crippen molar-refractivity contribution in [2.24, 2.45) is 0 Å². The molecule has 114 valence electrons. The summed E-state index contributed by atoms with van der Waals surface area (Å²) in [6.45, 7) is 1.63. The number of anilines is 1. The van der Waals surface area contributed by atoms with Crippen LogP contribution in [-0.2, 0) is 30.8 Å². The van der Waals surface area contributed by atoms with E-state index in [1.54, 1.807) is 25.1 Å². The normalized spacial score (nSPS) is 17.4. The highest BCUT2D eigenvalue weighted by Crippen LogP contribution is 2.34. The van der Waals surface area contributed by atoms with Crippen LogP contribution in [0.4, 0.5) is 5.69 Å². The van der Waals surface area contributed by atoms with Gasteiger partial charge in [-0.1, -0.05) is 18.2 Å². The van der Waals surface area contributed by atoms with Crippen LogP contribution < -0.4 is 4.31 Å². The third-order valence-electron chi connectivity index (χ3n) is 3.12. The predicted octanol–water partition coefficient (Wildman–Crippen LogP) is 0.395. The Kier molecular flexibility index (Phi) is 4.17. The van der Waals surface area contributed by atoms with Crippen molar-refractivity contribution >= 4 is 27.6 Å². The van der Waals surface area contributed by atoms with Crippen LogP contribution in [0.25, 0.3) is 0 Å². The number of benzene rings is 1. The van der Waals surface area contributed by atoms with Crippen molar-refractivity contribution in [3.63, 3.8) is 0 Å². The molecule has 1 unspecified atom stereocenters. The molecule has 1 aliphatic heterocycles. The summed E-state index contributed by atoms with van der Waals surface area (Å²) in [5.74, 6) is -3.02. The molecule has 0 radical (unpaired) electrons. The zero-order chi connectivity index (χ0) is 15.6. The summed E-state index contributed by atoms with van der Waals surface area (Å²) in [7, 11) is -4.11. The van der Waals surface area contributed by atoms with Crippen molar-refractivity contribution in [2.75, 3.05) is 16.7 Å². The lowest BCUT2D eigenvalue weighted by Crippen LogP contribution is -2.45. The second-order valence-corrected chi connectivity index (χ2v) is 6.39. The summed E-state index contributed by atoms with van der Waals surface area (Å²) in [6.07, 6.45) is 0.0769. The van der Waals surface area contributed by atoms with E-state index in [-0.39, 0.29) is 13.0 Å². The summed E-state index contributed by atoms with van der Waals surface area (Å²) in [4.78, 5) is 22.7. The van der Waals surface area contributed by atoms with Crippen molar-refractivity contribution in [3.8, 4) is 0 Å². The summed E-state index contributed by atoms with van der Waals surface area (Å²) >= 11 is 0. The third-order valence-corrected chi connectivity index (χ3v) is 4.77. The Morgan fingerprint density at radius 2 is 2.05 bits per heavy atom. The molecule has 1 aromatic carbocycles. The minimum atomic E-state index is -4.11. The van der Waals surface area contributed by atoms with Gasteiger partial charge in [0.05, 0.1) is 12.3 Å². The van der Waals surface area contributed by atoms with Crippen LogP contribution in [0.3, 0.4) is 0 Å². The molecule has 0 saturated carbocycles. The Morgan fingerprint density at radius 3 is 2.67 bits per heavy atom. The Labute approximate surface area is 122 Å². The number of hydrogen-bond donors (Lipinski definition) is 1. The van der Waals surface area contributed by atoms with E-state index in [9.17, 15) is 23.1 Å². The maximum atomic E-state index is 12.4. The summed E-state index contributed by atoms with van der Waals surface area (Å²) < 4.78 is 30.2. The zero-order valence-electron chi connectivity index (χ0n) is 11.4. The molecule has 0 fully saturated rings. The molecular formula is C13H15NO6S. The van der Waals surface area contributed by atoms with E-state index in [0.29, 0.717) is 11.3 Å². The van der Waals surface area contributed by atoms with Crippen molar-refractivity contribution in [1.82, 2.24) is 0 Å². The van der Waals surface area contributed by atoms with Gasteiger partial charge in [-0.05, 0) is 18.6 Å². The molecule has 1 aliphatic rings. The number of aliphatic carboxylic acids is 1. The number of fused-ring (bicyclic) bond motifs is 1. The highest BCUT2D eigenvalue weighted by molar-refractivity contribution is 7.93. The zero-order valence-corrected chi connectivity index (χ0v) is 12.2. The average molecular weight is 313 g/mol. The van der Waals surface area contributed by atoms with Gasteiger partial charge in [-0.25, -0.2) is 13.2 Å². The lowest BCUT2D eigenvalue weighted by molar-refractivity contribution is -0.140. The Morgan fingerprint density at radius 1 is 1.38 bits per heavy atom. The number of sulfonamides is 1. The first kappa shape index (κ1) is 15.3. The minimum absolute atomic E-state index is 0.0628. The molecule has 0 bridgehead atoms. The summed E-state index contributed by atoms with van der Waals surface area (Å²) in [5, 5.41) is 9.23. The second kappa shape index (κ2) is 5.72. The molecule has 1 atom stereocenters. The van der Waals surface area contributed by atoms with Crippen LogP contribution in [0, 0.1) is 0 Å². The van der Waals surface area contributed by atoms with Crippen LogP contribution in [0.1, 0.15) is 12.5 Å². The van der Waals surface area contributed by atoms with E-state index >= 15 is 0 Å². The van der Waals surface area contributed by atoms with Gasteiger partial charge in [-0.2, -0.15) is 0 Å². The number of esters is 1. The Balaban J connectivity index is 2.38. The number of carboxylic acid groups (broad SMARTS) is 1. The number of nitrogens with zero attached hydrogens (tertiary/aromatic N) is 1. The fourth-order valence-electron chi connectivity index (χ4n) is 2.31. The van der Waals surface area contributed by atoms with Gasteiger partial charge >= 0.3 is 11.9 Å². The first-order valence-corrected chi connectivity index (χ1v) is 7.96. The fourth-order valence-corrected chi connectivity index (χ4v) is 3.86. The van der Waals surface area contributed by atoms with E-state index < -0.39 is 33.8 Å². The molecular weight excluding hydrogens is 298 g/mol. The number of hydrogen-bond acceptors (Lipinski definition) is 5. The summed E-state index contributed by atoms with van der Waals surface area (Å²) in [5.41, 5.74) is 0.923. The molecule has 7 nitrogen and oxygen atoms in total. The first-order chi connectivity index (χ1) is 9.86. The number of carbonyl (C=O) groups excluding carboxylic acids is 1. The molecule has 0 amide bonds. The lowest BCUT2D eigenvalue weighted by Gasteiger charge is -2.23. The van der Waals surface area contributed by atoms with Crippen LogP contribution in [0.2, 0.25) is 0 Å². The van der Waals surface area contributed by atoms with Crippen LogP contribution in [-0.4, -0.2) is 43.9 Å². The molecule has 0 saturated heterocycles. The van der Waals surface area contributed by atoms with Crippen molar-refractivity contribution < 1.29 is 27.9 Å². The van der Waals surface area contributed by atoms with Gasteiger partial charge in [0, 0.05) is 6.42 Å². The van der Waals surface area contributed by atoms with Crippen LogP contribution in [0.5, 0.6) is 0 Å². The Bertz CT molecular complexity index is 669. The minimum Gasteiger partial charge on any atom is -0.480 e. The molecule has 21 heavy (non-hydrogen) atoms. The molecule has 0 spiro atoms. The Hall–Kier alpha value is -2.09. The van der Waals surface area contributed by atoms with Gasteiger partial charge < -0.3 is 9.84 Å². The van der Waals surface area contributed by atoms with Crippen LogP contribution in [0.15, 0.2) is 24.3 Å². The van der Waals surface area contributed by atoms with E-state index in [4.69, 9.17) is 0 Å². The molecule has 1 heterocycles. The summed E-state index contributed by atoms with van der Waals surface area (Å²) in [6, 6.07) is 5.29. The molecule has 0 aromatic heterocycles. The molecule has 8 heteroatoms. The van der Waals surface area contributed by atoms with Gasteiger partial charge in [0.15, 0.2) is 5.75 Å². The van der Waals surface area contributed by atoms with E-state index in [0.717, 1.165) is 4.31 Å². The van der Waals surface area contributed by atoms with E-state index in [2.05, 4.69) is 4.74 Å². The van der Waals surface area contributed by atoms with Crippen molar-refractivity contribution in [2.45, 2.75) is 19.4 Å². The second-order valence-electron chi connectivity index (χ2n) is 4.54. The smallest absolute Gasteiger partial charge is 0.327 e. The van der Waals surface area contributed by atoms with Gasteiger partial charge in [0.2, 0.25) is 10.0 Å². The van der Waals surface area contributed by atoms with Crippen molar-refractivity contribution in [3.05, 3.63) is 29.8 Å². The number of carboxylic acids is 1. The number of ether oxygens (including phenoxy) is 1. The fraction of sp³-hybridized carbons (Fsp3) is 0.385. The molecule has 2 rings (SSSR count). The lowest BCUT2D eigenvalue weighted by atomic mass is 10.1. The van der Waals surface area contributed by atoms with Gasteiger partial charge in [0.1, 0.15) is 6.04 Å². The highest BCUT2D eigenvalue weighted by atomic mass is 32.2. The van der Waals surface area contributed by atoms with Crippen LogP contribution >= 0.6 is 0 Å². The SMILES string of the molecule is CCOC(=O)CS(=O)(=O)N1c2ccccc2CC1C(=O)O. The molecule has 1 N–H and O–H groups in total. The topological polar surface area (TPSA) is 101 Å². The highest BCUT2D eigenvalue weighted by Gasteiger charge is 2.42. The van der Waals surface area contributed by atoms with Gasteiger partial charge in [0.25, 0.3) is 0 Å². The van der Waals surface area contributed by atoms with Crippen molar-refractivity contribution in [1.29, 1.82) is 0 Å². The predicted molar refractivity (Wildman–Crippen MR) is 74.5 cm³/mol.